The molecular formula is C12H17N3O. The second-order valence-corrected chi connectivity index (χ2v) is 4.28. The van der Waals surface area contributed by atoms with Gasteiger partial charge in [-0.2, -0.15) is 0 Å². The first-order valence-electron chi connectivity index (χ1n) is 5.68. The Bertz CT molecular complexity index is 355. The van der Waals surface area contributed by atoms with Crippen LogP contribution in [0.3, 0.4) is 0 Å². The molecule has 1 fully saturated rings. The van der Waals surface area contributed by atoms with Crippen LogP contribution in [0.5, 0.6) is 0 Å². The highest BCUT2D eigenvalue weighted by molar-refractivity contribution is 5.76. The van der Waals surface area contributed by atoms with Gasteiger partial charge in [-0.25, -0.2) is 0 Å². The largest absolute Gasteiger partial charge is 0.369 e. The van der Waals surface area contributed by atoms with Crippen LogP contribution in [-0.4, -0.2) is 28.9 Å². The fourth-order valence-corrected chi connectivity index (χ4v) is 2.03. The molecule has 4 heteroatoms. The van der Waals surface area contributed by atoms with Crippen molar-refractivity contribution in [2.24, 2.45) is 5.73 Å². The monoisotopic (exact) mass is 219 g/mol. The Kier molecular flexibility index (Phi) is 3.51. The van der Waals surface area contributed by atoms with Gasteiger partial charge >= 0.3 is 0 Å². The van der Waals surface area contributed by atoms with Gasteiger partial charge in [0.15, 0.2) is 0 Å². The normalized spacial score (nSPS) is 16.5. The Morgan fingerprint density at radius 3 is 2.69 bits per heavy atom. The molecule has 1 amide bonds. The van der Waals surface area contributed by atoms with Gasteiger partial charge in [0.2, 0.25) is 5.91 Å². The van der Waals surface area contributed by atoms with Crippen LogP contribution < -0.4 is 5.73 Å². The lowest BCUT2D eigenvalue weighted by molar-refractivity contribution is -0.117. The lowest BCUT2D eigenvalue weighted by Gasteiger charge is -2.14. The number of carbonyl (C=O) groups is 1. The molecule has 0 radical (unpaired) electrons. The molecule has 0 spiro atoms. The molecule has 1 aliphatic rings. The van der Waals surface area contributed by atoms with Crippen LogP contribution in [0.1, 0.15) is 24.1 Å². The average Bonchev–Trinajstić information content (AvgIpc) is 2.73. The highest BCUT2D eigenvalue weighted by Crippen LogP contribution is 2.12. The Balaban J connectivity index is 1.93. The van der Waals surface area contributed by atoms with E-state index in [0.29, 0.717) is 0 Å². The Morgan fingerprint density at radius 2 is 2.12 bits per heavy atom. The number of likely N-dealkylation sites (tertiary alicyclic amines) is 1. The van der Waals surface area contributed by atoms with E-state index in [-0.39, 0.29) is 12.3 Å². The van der Waals surface area contributed by atoms with Crippen LogP contribution in [-0.2, 0) is 17.8 Å². The molecule has 1 aromatic rings. The standard InChI is InChI=1S/C12H17N3O/c13-12(16)7-11-4-3-10(8-14-11)9-15-5-1-2-6-15/h3-4,8H,1-2,5-7,9H2,(H2,13,16). The predicted octanol–water partition coefficient (Wildman–Crippen LogP) is 0.705. The minimum absolute atomic E-state index is 0.226. The number of hydrogen-bond acceptors (Lipinski definition) is 3. The summed E-state index contributed by atoms with van der Waals surface area (Å²) >= 11 is 0. The van der Waals surface area contributed by atoms with Crippen molar-refractivity contribution in [1.29, 1.82) is 0 Å². The van der Waals surface area contributed by atoms with E-state index >= 15 is 0 Å². The molecule has 2 N–H and O–H groups in total. The molecule has 16 heavy (non-hydrogen) atoms. The van der Waals surface area contributed by atoms with Crippen molar-refractivity contribution in [3.63, 3.8) is 0 Å². The van der Waals surface area contributed by atoms with Crippen molar-refractivity contribution in [1.82, 2.24) is 9.88 Å². The number of aromatic nitrogens is 1. The van der Waals surface area contributed by atoms with Gasteiger partial charge in [0.1, 0.15) is 0 Å². The summed E-state index contributed by atoms with van der Waals surface area (Å²) in [6.45, 7) is 3.33. The zero-order valence-electron chi connectivity index (χ0n) is 9.35. The molecule has 1 aromatic heterocycles. The van der Waals surface area contributed by atoms with Gasteiger partial charge in [0, 0.05) is 18.4 Å². The summed E-state index contributed by atoms with van der Waals surface area (Å²) < 4.78 is 0. The van der Waals surface area contributed by atoms with Crippen LogP contribution in [0.15, 0.2) is 18.3 Å². The fraction of sp³-hybridized carbons (Fsp3) is 0.500. The minimum Gasteiger partial charge on any atom is -0.369 e. The average molecular weight is 219 g/mol. The maximum Gasteiger partial charge on any atom is 0.223 e. The summed E-state index contributed by atoms with van der Waals surface area (Å²) in [7, 11) is 0. The summed E-state index contributed by atoms with van der Waals surface area (Å²) in [5.41, 5.74) is 7.06. The van der Waals surface area contributed by atoms with Gasteiger partial charge < -0.3 is 5.73 Å². The second kappa shape index (κ2) is 5.07. The third kappa shape index (κ3) is 3.03. The number of carbonyl (C=O) groups excluding carboxylic acids is 1. The smallest absolute Gasteiger partial charge is 0.223 e. The number of nitrogens with two attached hydrogens (primary N) is 1. The van der Waals surface area contributed by atoms with Gasteiger partial charge in [-0.3, -0.25) is 14.7 Å². The van der Waals surface area contributed by atoms with E-state index in [0.717, 1.165) is 12.2 Å². The van der Waals surface area contributed by atoms with Crippen molar-refractivity contribution < 1.29 is 4.79 Å². The third-order valence-corrected chi connectivity index (χ3v) is 2.85. The van der Waals surface area contributed by atoms with E-state index in [1.54, 1.807) is 0 Å². The van der Waals surface area contributed by atoms with Crippen LogP contribution >= 0.6 is 0 Å². The Hall–Kier alpha value is -1.42. The molecule has 1 aliphatic heterocycles. The SMILES string of the molecule is NC(=O)Cc1ccc(CN2CCCC2)cn1. The van der Waals surface area contributed by atoms with Crippen molar-refractivity contribution in [3.05, 3.63) is 29.6 Å². The molecule has 86 valence electrons. The minimum atomic E-state index is -0.334. The number of hydrogen-bond donors (Lipinski definition) is 1. The molecule has 0 saturated carbocycles. The molecule has 0 aromatic carbocycles. The zero-order chi connectivity index (χ0) is 11.4. The Morgan fingerprint density at radius 1 is 1.38 bits per heavy atom. The highest BCUT2D eigenvalue weighted by atomic mass is 16.1. The van der Waals surface area contributed by atoms with Gasteiger partial charge in [-0.1, -0.05) is 6.07 Å². The first kappa shape index (κ1) is 11.1. The number of pyridine rings is 1. The van der Waals surface area contributed by atoms with Crippen molar-refractivity contribution >= 4 is 5.91 Å². The molecule has 4 nitrogen and oxygen atoms in total. The molecular weight excluding hydrogens is 202 g/mol. The molecule has 0 bridgehead atoms. The molecule has 0 aliphatic carbocycles. The van der Waals surface area contributed by atoms with E-state index in [1.165, 1.54) is 31.5 Å². The van der Waals surface area contributed by atoms with E-state index in [4.69, 9.17) is 5.73 Å². The number of amides is 1. The lowest BCUT2D eigenvalue weighted by Crippen LogP contribution is -2.18. The van der Waals surface area contributed by atoms with Crippen LogP contribution in [0.25, 0.3) is 0 Å². The van der Waals surface area contributed by atoms with E-state index < -0.39 is 0 Å². The highest BCUT2D eigenvalue weighted by Gasteiger charge is 2.11. The third-order valence-electron chi connectivity index (χ3n) is 2.85. The van der Waals surface area contributed by atoms with E-state index in [2.05, 4.69) is 9.88 Å². The van der Waals surface area contributed by atoms with Crippen molar-refractivity contribution in [3.8, 4) is 0 Å². The Labute approximate surface area is 95.5 Å². The summed E-state index contributed by atoms with van der Waals surface area (Å²) in [5, 5.41) is 0. The summed E-state index contributed by atoms with van der Waals surface area (Å²) in [6.07, 6.45) is 4.67. The number of primary amides is 1. The summed E-state index contributed by atoms with van der Waals surface area (Å²) in [6, 6.07) is 3.92. The molecule has 2 heterocycles. The molecule has 1 saturated heterocycles. The zero-order valence-corrected chi connectivity index (χ0v) is 9.35. The molecule has 0 atom stereocenters. The predicted molar refractivity (Wildman–Crippen MR) is 61.6 cm³/mol. The van der Waals surface area contributed by atoms with Gasteiger partial charge in [-0.05, 0) is 37.6 Å². The lowest BCUT2D eigenvalue weighted by atomic mass is 10.2. The van der Waals surface area contributed by atoms with E-state index in [9.17, 15) is 4.79 Å². The van der Waals surface area contributed by atoms with Gasteiger partial charge in [-0.15, -0.1) is 0 Å². The maximum atomic E-state index is 10.7. The van der Waals surface area contributed by atoms with Crippen LogP contribution in [0.4, 0.5) is 0 Å². The fourth-order valence-electron chi connectivity index (χ4n) is 2.03. The van der Waals surface area contributed by atoms with Crippen molar-refractivity contribution in [2.45, 2.75) is 25.8 Å². The quantitative estimate of drug-likeness (QED) is 0.811. The van der Waals surface area contributed by atoms with Gasteiger partial charge in [0.05, 0.1) is 6.42 Å². The summed E-state index contributed by atoms with van der Waals surface area (Å²) in [4.78, 5) is 17.4. The van der Waals surface area contributed by atoms with Crippen LogP contribution in [0, 0.1) is 0 Å². The first-order valence-corrected chi connectivity index (χ1v) is 5.68. The molecule has 2 rings (SSSR count). The number of rotatable bonds is 4. The van der Waals surface area contributed by atoms with Crippen molar-refractivity contribution in [2.75, 3.05) is 13.1 Å². The van der Waals surface area contributed by atoms with E-state index in [1.807, 2.05) is 18.3 Å². The topological polar surface area (TPSA) is 59.2 Å². The van der Waals surface area contributed by atoms with Crippen LogP contribution in [0.2, 0.25) is 0 Å². The van der Waals surface area contributed by atoms with Gasteiger partial charge in [0.25, 0.3) is 0 Å². The number of nitrogens with zero attached hydrogens (tertiary/aromatic N) is 2. The summed E-state index contributed by atoms with van der Waals surface area (Å²) in [5.74, 6) is -0.334. The maximum absolute atomic E-state index is 10.7. The molecule has 0 unspecified atom stereocenters. The first-order chi connectivity index (χ1) is 7.74. The second-order valence-electron chi connectivity index (χ2n) is 4.28.